The molecule has 30 heavy (non-hydrogen) atoms. The van der Waals surface area contributed by atoms with E-state index in [9.17, 15) is 18.0 Å². The van der Waals surface area contributed by atoms with Crippen LogP contribution in [-0.4, -0.2) is 32.0 Å². The first-order chi connectivity index (χ1) is 14.1. The van der Waals surface area contributed by atoms with Gasteiger partial charge in [0.15, 0.2) is 9.84 Å². The van der Waals surface area contributed by atoms with Crippen LogP contribution in [-0.2, 0) is 25.8 Å². The van der Waals surface area contributed by atoms with Crippen LogP contribution in [0.3, 0.4) is 0 Å². The molecule has 1 aliphatic heterocycles. The molecule has 0 radical (unpaired) electrons. The zero-order valence-electron chi connectivity index (χ0n) is 17.2. The number of hydrogen-bond donors (Lipinski definition) is 1. The summed E-state index contributed by atoms with van der Waals surface area (Å²) in [5.41, 5.74) is 3.27. The van der Waals surface area contributed by atoms with Crippen molar-refractivity contribution in [3.05, 3.63) is 52.0 Å². The van der Waals surface area contributed by atoms with Gasteiger partial charge in [-0.3, -0.25) is 9.59 Å². The number of hydrogen-bond acceptors (Lipinski definition) is 4. The Morgan fingerprint density at radius 1 is 1.20 bits per heavy atom. The van der Waals surface area contributed by atoms with Gasteiger partial charge in [-0.25, -0.2) is 8.42 Å². The number of rotatable bonds is 6. The number of aryl methyl sites for hydroxylation is 1. The number of nitrogens with one attached hydrogen (secondary N) is 1. The zero-order chi connectivity index (χ0) is 22.1. The van der Waals surface area contributed by atoms with Crippen molar-refractivity contribution in [2.24, 2.45) is 0 Å². The standard InChI is InChI=1S/C22H25BrN2O4S/c1-4-22(27)25-15(3)12-16-13-17(6-8-20(16)25)30(28,29)10-9-21(26)24-19-7-5-14(2)11-18(19)23/h5-8,11,13,15H,4,9-10,12H2,1-3H3,(H,24,26)/t15-/m0/s1. The predicted octanol–water partition coefficient (Wildman–Crippen LogP) is 4.25. The number of anilines is 2. The molecule has 160 valence electrons. The molecule has 1 heterocycles. The van der Waals surface area contributed by atoms with E-state index in [0.29, 0.717) is 18.5 Å². The lowest BCUT2D eigenvalue weighted by molar-refractivity contribution is -0.118. The second-order valence-corrected chi connectivity index (χ2v) is 10.5. The van der Waals surface area contributed by atoms with Crippen molar-refractivity contribution in [2.45, 2.75) is 51.0 Å². The highest BCUT2D eigenvalue weighted by molar-refractivity contribution is 9.10. The summed E-state index contributed by atoms with van der Waals surface area (Å²) in [6, 6.07) is 10.4. The van der Waals surface area contributed by atoms with Gasteiger partial charge in [0, 0.05) is 29.0 Å². The van der Waals surface area contributed by atoms with Crippen LogP contribution in [0.15, 0.2) is 45.8 Å². The average molecular weight is 493 g/mol. The topological polar surface area (TPSA) is 83.6 Å². The number of carbonyl (C=O) groups excluding carboxylic acids is 2. The van der Waals surface area contributed by atoms with Crippen LogP contribution in [0.1, 0.15) is 37.8 Å². The summed E-state index contributed by atoms with van der Waals surface area (Å²) < 4.78 is 26.3. The Kier molecular flexibility index (Phi) is 6.67. The van der Waals surface area contributed by atoms with Crippen LogP contribution < -0.4 is 10.2 Å². The summed E-state index contributed by atoms with van der Waals surface area (Å²) in [5, 5.41) is 2.74. The first-order valence-electron chi connectivity index (χ1n) is 9.86. The first kappa shape index (κ1) is 22.5. The summed E-state index contributed by atoms with van der Waals surface area (Å²) >= 11 is 3.40. The number of sulfone groups is 1. The van der Waals surface area contributed by atoms with Gasteiger partial charge in [-0.05, 0) is 77.7 Å². The Balaban J connectivity index is 1.70. The molecule has 0 aromatic heterocycles. The molecule has 2 aromatic carbocycles. The van der Waals surface area contributed by atoms with E-state index >= 15 is 0 Å². The van der Waals surface area contributed by atoms with E-state index in [1.165, 1.54) is 6.07 Å². The molecule has 0 fully saturated rings. The Labute approximate surface area is 185 Å². The fraction of sp³-hybridized carbons (Fsp3) is 0.364. The number of benzene rings is 2. The third-order valence-electron chi connectivity index (χ3n) is 5.19. The van der Waals surface area contributed by atoms with E-state index < -0.39 is 9.84 Å². The normalized spacial score (nSPS) is 15.7. The third kappa shape index (κ3) is 4.75. The number of carbonyl (C=O) groups is 2. The molecule has 1 N–H and O–H groups in total. The van der Waals surface area contributed by atoms with Crippen LogP contribution in [0.4, 0.5) is 11.4 Å². The van der Waals surface area contributed by atoms with Gasteiger partial charge in [-0.15, -0.1) is 0 Å². The lowest BCUT2D eigenvalue weighted by Gasteiger charge is -2.22. The quantitative estimate of drug-likeness (QED) is 0.653. The maximum Gasteiger partial charge on any atom is 0.226 e. The fourth-order valence-electron chi connectivity index (χ4n) is 3.63. The van der Waals surface area contributed by atoms with Crippen molar-refractivity contribution < 1.29 is 18.0 Å². The van der Waals surface area contributed by atoms with Crippen molar-refractivity contribution in [1.82, 2.24) is 0 Å². The molecule has 2 aromatic rings. The van der Waals surface area contributed by atoms with E-state index in [1.807, 2.05) is 32.9 Å². The van der Waals surface area contributed by atoms with Gasteiger partial charge in [0.25, 0.3) is 0 Å². The van der Waals surface area contributed by atoms with Crippen molar-refractivity contribution >= 4 is 49.0 Å². The molecule has 0 saturated carbocycles. The zero-order valence-corrected chi connectivity index (χ0v) is 19.6. The van der Waals surface area contributed by atoms with Crippen LogP contribution in [0.5, 0.6) is 0 Å². The smallest absolute Gasteiger partial charge is 0.226 e. The molecule has 0 bridgehead atoms. The summed E-state index contributed by atoms with van der Waals surface area (Å²) in [6.45, 7) is 5.71. The molecule has 1 aliphatic rings. The van der Waals surface area contributed by atoms with Crippen LogP contribution in [0, 0.1) is 6.92 Å². The minimum absolute atomic E-state index is 0.00383. The van der Waals surface area contributed by atoms with E-state index in [4.69, 9.17) is 0 Å². The molecule has 1 atom stereocenters. The van der Waals surface area contributed by atoms with E-state index in [2.05, 4.69) is 21.2 Å². The van der Waals surface area contributed by atoms with E-state index in [0.717, 1.165) is 21.3 Å². The largest absolute Gasteiger partial charge is 0.325 e. The van der Waals surface area contributed by atoms with Crippen molar-refractivity contribution in [1.29, 1.82) is 0 Å². The van der Waals surface area contributed by atoms with Gasteiger partial charge in [-0.2, -0.15) is 0 Å². The van der Waals surface area contributed by atoms with Gasteiger partial charge in [0.2, 0.25) is 11.8 Å². The summed E-state index contributed by atoms with van der Waals surface area (Å²) in [5.74, 6) is -0.623. The van der Waals surface area contributed by atoms with Gasteiger partial charge in [0.05, 0.1) is 16.3 Å². The minimum Gasteiger partial charge on any atom is -0.325 e. The van der Waals surface area contributed by atoms with E-state index in [-0.39, 0.29) is 34.9 Å². The van der Waals surface area contributed by atoms with Crippen LogP contribution in [0.25, 0.3) is 0 Å². The molecule has 0 saturated heterocycles. The highest BCUT2D eigenvalue weighted by Gasteiger charge is 2.31. The molecule has 0 unspecified atom stereocenters. The van der Waals surface area contributed by atoms with Crippen LogP contribution in [0.2, 0.25) is 0 Å². The number of halogens is 1. The average Bonchev–Trinajstić information content (AvgIpc) is 3.03. The maximum atomic E-state index is 12.8. The Hall–Kier alpha value is -2.19. The molecular weight excluding hydrogens is 468 g/mol. The van der Waals surface area contributed by atoms with Crippen molar-refractivity contribution in [2.75, 3.05) is 16.0 Å². The number of fused-ring (bicyclic) bond motifs is 1. The molecule has 6 nitrogen and oxygen atoms in total. The van der Waals surface area contributed by atoms with Crippen LogP contribution >= 0.6 is 15.9 Å². The second-order valence-electron chi connectivity index (χ2n) is 7.56. The summed E-state index contributed by atoms with van der Waals surface area (Å²) in [4.78, 5) is 26.4. The predicted molar refractivity (Wildman–Crippen MR) is 122 cm³/mol. The second kappa shape index (κ2) is 8.89. The fourth-order valence-corrected chi connectivity index (χ4v) is 5.51. The molecule has 3 rings (SSSR count). The van der Waals surface area contributed by atoms with Gasteiger partial charge in [0.1, 0.15) is 0 Å². The van der Waals surface area contributed by atoms with Crippen molar-refractivity contribution in [3.8, 4) is 0 Å². The highest BCUT2D eigenvalue weighted by Crippen LogP contribution is 2.34. The lowest BCUT2D eigenvalue weighted by atomic mass is 10.1. The van der Waals surface area contributed by atoms with Gasteiger partial charge >= 0.3 is 0 Å². The van der Waals surface area contributed by atoms with E-state index in [1.54, 1.807) is 23.1 Å². The SMILES string of the molecule is CCC(=O)N1c2ccc(S(=O)(=O)CCC(=O)Nc3ccc(C)cc3Br)cc2C[C@@H]1C. The monoisotopic (exact) mass is 492 g/mol. The first-order valence-corrected chi connectivity index (χ1v) is 12.3. The molecular formula is C22H25BrN2O4S. The van der Waals surface area contributed by atoms with Gasteiger partial charge < -0.3 is 10.2 Å². The lowest BCUT2D eigenvalue weighted by Crippen LogP contribution is -2.35. The van der Waals surface area contributed by atoms with Crippen molar-refractivity contribution in [3.63, 3.8) is 0 Å². The highest BCUT2D eigenvalue weighted by atomic mass is 79.9. The molecule has 0 aliphatic carbocycles. The molecule has 0 spiro atoms. The maximum absolute atomic E-state index is 12.8. The Morgan fingerprint density at radius 3 is 2.60 bits per heavy atom. The third-order valence-corrected chi connectivity index (χ3v) is 7.56. The minimum atomic E-state index is -3.62. The number of amides is 2. The number of nitrogens with zero attached hydrogens (tertiary/aromatic N) is 1. The summed E-state index contributed by atoms with van der Waals surface area (Å²) in [7, 11) is -3.62. The van der Waals surface area contributed by atoms with Gasteiger partial charge in [-0.1, -0.05) is 13.0 Å². The molecule has 8 heteroatoms. The molecule has 2 amide bonds. The summed E-state index contributed by atoms with van der Waals surface area (Å²) in [6.07, 6.45) is 0.874. The Bertz CT molecular complexity index is 1100. The Morgan fingerprint density at radius 2 is 1.93 bits per heavy atom.